The molecule has 1 heterocycles. The van der Waals surface area contributed by atoms with Crippen LogP contribution in [0.2, 0.25) is 5.02 Å². The van der Waals surface area contributed by atoms with Gasteiger partial charge in [0.15, 0.2) is 0 Å². The first kappa shape index (κ1) is 10.7. The van der Waals surface area contributed by atoms with E-state index in [4.69, 9.17) is 11.6 Å². The molecule has 1 aromatic carbocycles. The Morgan fingerprint density at radius 1 is 1.33 bits per heavy atom. The topological polar surface area (TPSA) is 20.2 Å². The van der Waals surface area contributed by atoms with Gasteiger partial charge < -0.3 is 5.11 Å². The molecule has 0 saturated heterocycles. The lowest BCUT2D eigenvalue weighted by Crippen LogP contribution is -1.98. The number of hydrogen-bond acceptors (Lipinski definition) is 2. The van der Waals surface area contributed by atoms with E-state index in [1.807, 2.05) is 41.9 Å². The summed E-state index contributed by atoms with van der Waals surface area (Å²) in [6, 6.07) is 7.61. The Labute approximate surface area is 98.0 Å². The summed E-state index contributed by atoms with van der Waals surface area (Å²) >= 11 is 7.65. The Morgan fingerprint density at radius 3 is 2.73 bits per heavy atom. The second kappa shape index (κ2) is 4.35. The van der Waals surface area contributed by atoms with Gasteiger partial charge in [-0.15, -0.1) is 0 Å². The molecule has 0 aliphatic heterocycles. The SMILES string of the molecule is Cc1ccc(C(O)c2ccsc2)c(Cl)c1. The van der Waals surface area contributed by atoms with E-state index in [1.165, 1.54) is 0 Å². The molecule has 78 valence electrons. The predicted molar refractivity (Wildman–Crippen MR) is 64.6 cm³/mol. The third-order valence-electron chi connectivity index (χ3n) is 2.31. The first-order valence-electron chi connectivity index (χ1n) is 4.64. The summed E-state index contributed by atoms with van der Waals surface area (Å²) in [5, 5.41) is 14.6. The zero-order valence-corrected chi connectivity index (χ0v) is 9.85. The Morgan fingerprint density at radius 2 is 2.13 bits per heavy atom. The van der Waals surface area contributed by atoms with Gasteiger partial charge in [-0.25, -0.2) is 0 Å². The fraction of sp³-hybridized carbons (Fsp3) is 0.167. The number of benzene rings is 1. The van der Waals surface area contributed by atoms with Crippen LogP contribution in [0.5, 0.6) is 0 Å². The summed E-state index contributed by atoms with van der Waals surface area (Å²) in [4.78, 5) is 0. The van der Waals surface area contributed by atoms with E-state index in [0.29, 0.717) is 5.02 Å². The van der Waals surface area contributed by atoms with Crippen LogP contribution < -0.4 is 0 Å². The molecule has 0 aliphatic carbocycles. The van der Waals surface area contributed by atoms with Gasteiger partial charge in [0.05, 0.1) is 0 Å². The Kier molecular flexibility index (Phi) is 3.10. The second-order valence-electron chi connectivity index (χ2n) is 3.48. The van der Waals surface area contributed by atoms with Crippen LogP contribution in [-0.2, 0) is 0 Å². The molecule has 0 aliphatic rings. The summed E-state index contributed by atoms with van der Waals surface area (Å²) in [5.74, 6) is 0. The van der Waals surface area contributed by atoms with Crippen LogP contribution in [0, 0.1) is 6.92 Å². The van der Waals surface area contributed by atoms with E-state index in [2.05, 4.69) is 0 Å². The van der Waals surface area contributed by atoms with Crippen LogP contribution in [0.25, 0.3) is 0 Å². The third kappa shape index (κ3) is 2.23. The molecular formula is C12H11ClOS. The van der Waals surface area contributed by atoms with Crippen LogP contribution in [0.4, 0.5) is 0 Å². The molecule has 0 radical (unpaired) electrons. The molecule has 0 spiro atoms. The molecule has 15 heavy (non-hydrogen) atoms. The molecule has 1 atom stereocenters. The lowest BCUT2D eigenvalue weighted by molar-refractivity contribution is 0.221. The van der Waals surface area contributed by atoms with Crippen LogP contribution in [0.1, 0.15) is 22.8 Å². The first-order chi connectivity index (χ1) is 7.18. The molecule has 3 heteroatoms. The maximum atomic E-state index is 10.1. The lowest BCUT2D eigenvalue weighted by atomic mass is 10.0. The van der Waals surface area contributed by atoms with E-state index in [0.717, 1.165) is 16.7 Å². The van der Waals surface area contributed by atoms with E-state index in [-0.39, 0.29) is 0 Å². The minimum atomic E-state index is -0.621. The average Bonchev–Trinajstić information content (AvgIpc) is 2.69. The number of thiophene rings is 1. The molecule has 2 aromatic rings. The van der Waals surface area contributed by atoms with Crippen molar-refractivity contribution in [3.05, 3.63) is 56.7 Å². The average molecular weight is 239 g/mol. The number of halogens is 1. The molecule has 1 aromatic heterocycles. The van der Waals surface area contributed by atoms with Crippen LogP contribution in [-0.4, -0.2) is 5.11 Å². The van der Waals surface area contributed by atoms with Gasteiger partial charge >= 0.3 is 0 Å². The van der Waals surface area contributed by atoms with Gasteiger partial charge in [-0.05, 0) is 40.9 Å². The smallest absolute Gasteiger partial charge is 0.106 e. The van der Waals surface area contributed by atoms with Crippen molar-refractivity contribution >= 4 is 22.9 Å². The van der Waals surface area contributed by atoms with Gasteiger partial charge in [-0.1, -0.05) is 23.7 Å². The lowest BCUT2D eigenvalue weighted by Gasteiger charge is -2.11. The minimum Gasteiger partial charge on any atom is -0.384 e. The van der Waals surface area contributed by atoms with Crippen molar-refractivity contribution in [3.8, 4) is 0 Å². The van der Waals surface area contributed by atoms with Gasteiger partial charge in [0.1, 0.15) is 6.10 Å². The Bertz CT molecular complexity index is 451. The van der Waals surface area contributed by atoms with Gasteiger partial charge in [-0.3, -0.25) is 0 Å². The largest absolute Gasteiger partial charge is 0.384 e. The predicted octanol–water partition coefficient (Wildman–Crippen LogP) is 3.79. The summed E-state index contributed by atoms with van der Waals surface area (Å²) in [6.07, 6.45) is -0.621. The highest BCUT2D eigenvalue weighted by Crippen LogP contribution is 2.29. The van der Waals surface area contributed by atoms with Crippen molar-refractivity contribution in [1.29, 1.82) is 0 Å². The van der Waals surface area contributed by atoms with E-state index in [1.54, 1.807) is 11.3 Å². The maximum Gasteiger partial charge on any atom is 0.106 e. The molecule has 0 bridgehead atoms. The van der Waals surface area contributed by atoms with Crippen molar-refractivity contribution in [2.45, 2.75) is 13.0 Å². The first-order valence-corrected chi connectivity index (χ1v) is 5.97. The van der Waals surface area contributed by atoms with Crippen molar-refractivity contribution < 1.29 is 5.11 Å². The Balaban J connectivity index is 2.38. The highest BCUT2D eigenvalue weighted by molar-refractivity contribution is 7.07. The number of rotatable bonds is 2. The van der Waals surface area contributed by atoms with Gasteiger partial charge in [0, 0.05) is 10.6 Å². The van der Waals surface area contributed by atoms with E-state index in [9.17, 15) is 5.11 Å². The molecule has 2 rings (SSSR count). The normalized spacial score (nSPS) is 12.7. The third-order valence-corrected chi connectivity index (χ3v) is 3.34. The number of aliphatic hydroxyl groups excluding tert-OH is 1. The number of aliphatic hydroxyl groups is 1. The quantitative estimate of drug-likeness (QED) is 0.844. The Hall–Kier alpha value is -0.830. The number of hydrogen-bond donors (Lipinski definition) is 1. The molecule has 1 nitrogen and oxygen atoms in total. The monoisotopic (exact) mass is 238 g/mol. The molecule has 0 saturated carbocycles. The van der Waals surface area contributed by atoms with E-state index >= 15 is 0 Å². The molecule has 1 unspecified atom stereocenters. The fourth-order valence-corrected chi connectivity index (χ4v) is 2.48. The van der Waals surface area contributed by atoms with Crippen LogP contribution in [0.3, 0.4) is 0 Å². The van der Waals surface area contributed by atoms with Gasteiger partial charge in [0.2, 0.25) is 0 Å². The minimum absolute atomic E-state index is 0.619. The zero-order valence-electron chi connectivity index (χ0n) is 8.27. The number of aryl methyl sites for hydroxylation is 1. The standard InChI is InChI=1S/C12H11ClOS/c1-8-2-3-10(11(13)6-8)12(14)9-4-5-15-7-9/h2-7,12,14H,1H3. The van der Waals surface area contributed by atoms with Crippen molar-refractivity contribution in [1.82, 2.24) is 0 Å². The molecule has 0 fully saturated rings. The van der Waals surface area contributed by atoms with Crippen molar-refractivity contribution in [2.24, 2.45) is 0 Å². The van der Waals surface area contributed by atoms with Crippen LogP contribution in [0.15, 0.2) is 35.0 Å². The van der Waals surface area contributed by atoms with Crippen LogP contribution >= 0.6 is 22.9 Å². The van der Waals surface area contributed by atoms with Crippen molar-refractivity contribution in [2.75, 3.05) is 0 Å². The summed E-state index contributed by atoms with van der Waals surface area (Å²) in [6.45, 7) is 1.98. The summed E-state index contributed by atoms with van der Waals surface area (Å²) in [5.41, 5.74) is 2.76. The molecule has 0 amide bonds. The van der Waals surface area contributed by atoms with E-state index < -0.39 is 6.10 Å². The zero-order chi connectivity index (χ0) is 10.8. The van der Waals surface area contributed by atoms with Gasteiger partial charge in [0.25, 0.3) is 0 Å². The maximum absolute atomic E-state index is 10.1. The van der Waals surface area contributed by atoms with Crippen molar-refractivity contribution in [3.63, 3.8) is 0 Å². The summed E-state index contributed by atoms with van der Waals surface area (Å²) in [7, 11) is 0. The molecule has 1 N–H and O–H groups in total. The van der Waals surface area contributed by atoms with Gasteiger partial charge in [-0.2, -0.15) is 11.3 Å². The highest BCUT2D eigenvalue weighted by Gasteiger charge is 2.13. The molecular weight excluding hydrogens is 228 g/mol. The highest BCUT2D eigenvalue weighted by atomic mass is 35.5. The summed E-state index contributed by atoms with van der Waals surface area (Å²) < 4.78 is 0. The fourth-order valence-electron chi connectivity index (χ4n) is 1.46. The second-order valence-corrected chi connectivity index (χ2v) is 4.67.